The number of nitrogens with zero attached hydrogens (tertiary/aromatic N) is 4. The highest BCUT2D eigenvalue weighted by Gasteiger charge is 2.32. The van der Waals surface area contributed by atoms with Crippen LogP contribution in [0.4, 0.5) is 0 Å². The van der Waals surface area contributed by atoms with Crippen LogP contribution in [0.1, 0.15) is 89.4 Å². The first-order chi connectivity index (χ1) is 18.5. The number of rotatable bonds is 11. The molecule has 8 nitrogen and oxygen atoms in total. The molecule has 2 aromatic rings. The second-order valence-electron chi connectivity index (χ2n) is 10.6. The number of thioether (sulfide) groups is 1. The van der Waals surface area contributed by atoms with Crippen molar-refractivity contribution in [2.24, 2.45) is 7.05 Å². The molecule has 2 amide bonds. The van der Waals surface area contributed by atoms with E-state index in [-0.39, 0.29) is 18.4 Å². The van der Waals surface area contributed by atoms with Gasteiger partial charge < -0.3 is 19.5 Å². The number of amides is 2. The normalized spacial score (nSPS) is 17.7. The number of hydrogen-bond acceptors (Lipinski definition) is 6. The highest BCUT2D eigenvalue weighted by Crippen LogP contribution is 2.31. The average molecular weight is 542 g/mol. The fraction of sp³-hybridized carbons (Fsp3) is 0.655. The Morgan fingerprint density at radius 1 is 1.03 bits per heavy atom. The lowest BCUT2D eigenvalue weighted by Gasteiger charge is -2.41. The van der Waals surface area contributed by atoms with Crippen molar-refractivity contribution in [2.75, 3.05) is 5.75 Å². The van der Waals surface area contributed by atoms with Gasteiger partial charge in [0.2, 0.25) is 5.91 Å². The molecule has 9 heteroatoms. The van der Waals surface area contributed by atoms with Crippen molar-refractivity contribution >= 4 is 23.6 Å². The molecule has 0 spiro atoms. The third-order valence-corrected chi connectivity index (χ3v) is 8.91. The summed E-state index contributed by atoms with van der Waals surface area (Å²) in [5.74, 6) is 1.69. The molecule has 0 saturated heterocycles. The van der Waals surface area contributed by atoms with Crippen molar-refractivity contribution in [3.8, 4) is 5.75 Å². The molecule has 2 aliphatic rings. The van der Waals surface area contributed by atoms with Crippen LogP contribution < -0.4 is 10.1 Å². The minimum absolute atomic E-state index is 0.215. The Bertz CT molecular complexity index is 1030. The van der Waals surface area contributed by atoms with E-state index in [0.29, 0.717) is 34.6 Å². The number of carbonyl (C=O) groups is 2. The quantitative estimate of drug-likeness (QED) is 0.401. The smallest absolute Gasteiger partial charge is 0.261 e. The SMILES string of the molecule is CCc1ccc(O[C@@H](C)C(=O)NCc2nnc(SCC(=O)N(C3CCCCC3)C3CCCCC3)n2C)cc1. The van der Waals surface area contributed by atoms with Gasteiger partial charge in [-0.1, -0.05) is 69.3 Å². The lowest BCUT2D eigenvalue weighted by molar-refractivity contribution is -0.135. The van der Waals surface area contributed by atoms with Gasteiger partial charge in [0.1, 0.15) is 5.75 Å². The van der Waals surface area contributed by atoms with Gasteiger partial charge in [-0.25, -0.2) is 0 Å². The van der Waals surface area contributed by atoms with Gasteiger partial charge in [0.25, 0.3) is 5.91 Å². The van der Waals surface area contributed by atoms with E-state index in [0.717, 1.165) is 32.1 Å². The van der Waals surface area contributed by atoms with Crippen molar-refractivity contribution in [1.29, 1.82) is 0 Å². The van der Waals surface area contributed by atoms with Crippen LogP contribution >= 0.6 is 11.8 Å². The summed E-state index contributed by atoms with van der Waals surface area (Å²) < 4.78 is 7.65. The number of hydrogen-bond donors (Lipinski definition) is 1. The molecule has 38 heavy (non-hydrogen) atoms. The fourth-order valence-corrected chi connectivity index (χ4v) is 6.42. The molecule has 2 saturated carbocycles. The van der Waals surface area contributed by atoms with Crippen LogP contribution in [-0.4, -0.2) is 55.4 Å². The van der Waals surface area contributed by atoms with Crippen LogP contribution in [0.25, 0.3) is 0 Å². The molecule has 2 fully saturated rings. The molecule has 2 aliphatic carbocycles. The second-order valence-corrected chi connectivity index (χ2v) is 11.5. The molecule has 1 heterocycles. The van der Waals surface area contributed by atoms with Gasteiger partial charge in [0, 0.05) is 19.1 Å². The minimum atomic E-state index is -0.632. The average Bonchev–Trinajstić information content (AvgIpc) is 3.31. The highest BCUT2D eigenvalue weighted by molar-refractivity contribution is 7.99. The van der Waals surface area contributed by atoms with Crippen molar-refractivity contribution in [3.05, 3.63) is 35.7 Å². The van der Waals surface area contributed by atoms with Gasteiger partial charge in [0.15, 0.2) is 17.1 Å². The number of aryl methyl sites for hydroxylation is 1. The Balaban J connectivity index is 1.29. The first kappa shape index (κ1) is 28.5. The molecule has 1 N–H and O–H groups in total. The van der Waals surface area contributed by atoms with E-state index in [2.05, 4.69) is 27.3 Å². The Morgan fingerprint density at radius 2 is 1.63 bits per heavy atom. The zero-order valence-electron chi connectivity index (χ0n) is 23.2. The molecule has 1 atom stereocenters. The maximum atomic E-state index is 13.5. The summed E-state index contributed by atoms with van der Waals surface area (Å²) in [4.78, 5) is 28.3. The minimum Gasteiger partial charge on any atom is -0.481 e. The van der Waals surface area contributed by atoms with E-state index in [1.807, 2.05) is 35.9 Å². The Labute approximate surface area is 231 Å². The Hall–Kier alpha value is -2.55. The molecule has 0 aliphatic heterocycles. The first-order valence-electron chi connectivity index (χ1n) is 14.3. The number of carbonyl (C=O) groups excluding carboxylic acids is 2. The summed E-state index contributed by atoms with van der Waals surface area (Å²) in [5, 5.41) is 12.1. The zero-order valence-corrected chi connectivity index (χ0v) is 24.0. The monoisotopic (exact) mass is 541 g/mol. The first-order valence-corrected chi connectivity index (χ1v) is 15.3. The van der Waals surface area contributed by atoms with E-state index in [1.54, 1.807) is 6.92 Å². The second kappa shape index (κ2) is 14.0. The summed E-state index contributed by atoms with van der Waals surface area (Å²) >= 11 is 1.44. The number of benzene rings is 1. The van der Waals surface area contributed by atoms with Gasteiger partial charge >= 0.3 is 0 Å². The maximum Gasteiger partial charge on any atom is 0.261 e. The Morgan fingerprint density at radius 3 is 2.21 bits per heavy atom. The molecule has 0 radical (unpaired) electrons. The summed E-state index contributed by atoms with van der Waals surface area (Å²) in [6.45, 7) is 4.08. The van der Waals surface area contributed by atoms with Crippen LogP contribution in [0, 0.1) is 0 Å². The molecule has 0 unspecified atom stereocenters. The van der Waals surface area contributed by atoms with E-state index in [4.69, 9.17) is 4.74 Å². The number of aromatic nitrogens is 3. The van der Waals surface area contributed by atoms with Gasteiger partial charge in [0.05, 0.1) is 12.3 Å². The van der Waals surface area contributed by atoms with Crippen LogP contribution in [-0.2, 0) is 29.6 Å². The predicted octanol–water partition coefficient (Wildman–Crippen LogP) is 5.05. The zero-order chi connectivity index (χ0) is 26.9. The molecule has 208 valence electrons. The standard InChI is InChI=1S/C29H43N5O3S/c1-4-22-15-17-25(18-16-22)37-21(2)28(36)30-19-26-31-32-29(33(26)3)38-20-27(35)34(23-11-7-5-8-12-23)24-13-9-6-10-14-24/h15-18,21,23-24H,4-14,19-20H2,1-3H3,(H,30,36)/t21-/m0/s1. The maximum absolute atomic E-state index is 13.5. The van der Waals surface area contributed by atoms with Crippen LogP contribution in [0.3, 0.4) is 0 Å². The lowest BCUT2D eigenvalue weighted by Crippen LogP contribution is -2.49. The van der Waals surface area contributed by atoms with E-state index >= 15 is 0 Å². The molecule has 4 rings (SSSR count). The predicted molar refractivity (Wildman–Crippen MR) is 150 cm³/mol. The van der Waals surface area contributed by atoms with E-state index in [9.17, 15) is 9.59 Å². The van der Waals surface area contributed by atoms with Gasteiger partial charge in [-0.15, -0.1) is 10.2 Å². The third kappa shape index (κ3) is 7.52. The van der Waals surface area contributed by atoms with Gasteiger partial charge in [-0.05, 0) is 56.7 Å². The van der Waals surface area contributed by atoms with Gasteiger partial charge in [-0.3, -0.25) is 9.59 Å². The molecular weight excluding hydrogens is 498 g/mol. The summed E-state index contributed by atoms with van der Waals surface area (Å²) in [6.07, 6.45) is 12.3. The van der Waals surface area contributed by atoms with Crippen LogP contribution in [0.15, 0.2) is 29.4 Å². The van der Waals surface area contributed by atoms with Crippen LogP contribution in [0.5, 0.6) is 5.75 Å². The highest BCUT2D eigenvalue weighted by atomic mass is 32.2. The Kier molecular flexibility index (Phi) is 10.5. The fourth-order valence-electron chi connectivity index (χ4n) is 5.62. The van der Waals surface area contributed by atoms with Crippen LogP contribution in [0.2, 0.25) is 0 Å². The molecule has 1 aromatic carbocycles. The number of ether oxygens (including phenoxy) is 1. The largest absolute Gasteiger partial charge is 0.481 e. The molecule has 1 aromatic heterocycles. The topological polar surface area (TPSA) is 89.3 Å². The van der Waals surface area contributed by atoms with Gasteiger partial charge in [-0.2, -0.15) is 0 Å². The third-order valence-electron chi connectivity index (χ3n) is 7.91. The van der Waals surface area contributed by atoms with Crippen molar-refractivity contribution in [3.63, 3.8) is 0 Å². The van der Waals surface area contributed by atoms with E-state index in [1.165, 1.54) is 55.9 Å². The van der Waals surface area contributed by atoms with E-state index < -0.39 is 6.10 Å². The number of nitrogens with one attached hydrogen (secondary N) is 1. The van der Waals surface area contributed by atoms with Crippen molar-refractivity contribution in [1.82, 2.24) is 25.0 Å². The summed E-state index contributed by atoms with van der Waals surface area (Å²) in [6, 6.07) is 8.57. The van der Waals surface area contributed by atoms with Crippen molar-refractivity contribution < 1.29 is 14.3 Å². The summed E-state index contributed by atoms with van der Waals surface area (Å²) in [5.41, 5.74) is 1.22. The lowest BCUT2D eigenvalue weighted by atomic mass is 9.88. The molecule has 0 bridgehead atoms. The van der Waals surface area contributed by atoms with Crippen molar-refractivity contribution in [2.45, 2.75) is 114 Å². The summed E-state index contributed by atoms with van der Waals surface area (Å²) in [7, 11) is 1.88. The molecular formula is C29H43N5O3S.